The number of ether oxygens (including phenoxy) is 1. The molecule has 4 rings (SSSR count). The molecular weight excluding hydrogens is 460 g/mol. The molecule has 0 saturated carbocycles. The normalized spacial score (nSPS) is 15.4. The number of hydrogen-bond donors (Lipinski definition) is 1. The second-order valence-electron chi connectivity index (χ2n) is 7.48. The van der Waals surface area contributed by atoms with Crippen LogP contribution in [0.15, 0.2) is 59.1 Å². The van der Waals surface area contributed by atoms with Crippen molar-refractivity contribution < 1.29 is 17.9 Å². The van der Waals surface area contributed by atoms with Gasteiger partial charge in [-0.3, -0.25) is 4.79 Å². The fraction of sp³-hybridized carbons (Fsp3) is 0.304. The van der Waals surface area contributed by atoms with E-state index in [1.165, 1.54) is 21.5 Å². The monoisotopic (exact) mass is 486 g/mol. The predicted octanol–water partition coefficient (Wildman–Crippen LogP) is 3.20. The van der Waals surface area contributed by atoms with Crippen molar-refractivity contribution in [2.45, 2.75) is 12.1 Å². The van der Waals surface area contributed by atoms with Crippen LogP contribution in [0, 0.1) is 0 Å². The quantitative estimate of drug-likeness (QED) is 0.492. The van der Waals surface area contributed by atoms with Crippen molar-refractivity contribution in [3.8, 4) is 5.75 Å². The van der Waals surface area contributed by atoms with Gasteiger partial charge in [-0.2, -0.15) is 4.31 Å². The minimum absolute atomic E-state index is 0.0349. The Morgan fingerprint density at radius 2 is 1.91 bits per heavy atom. The molecule has 0 unspecified atom stereocenters. The van der Waals surface area contributed by atoms with Crippen molar-refractivity contribution in [3.05, 3.63) is 59.5 Å². The van der Waals surface area contributed by atoms with Crippen LogP contribution in [0.25, 0.3) is 17.1 Å². The fourth-order valence-corrected chi connectivity index (χ4v) is 5.48. The summed E-state index contributed by atoms with van der Waals surface area (Å²) >= 11 is 1.34. The van der Waals surface area contributed by atoms with Crippen molar-refractivity contribution in [2.24, 2.45) is 0 Å². The predicted molar refractivity (Wildman–Crippen MR) is 131 cm³/mol. The molecular formula is C23H26N4O4S2. The molecule has 10 heteroatoms. The average molecular weight is 487 g/mol. The highest BCUT2D eigenvalue weighted by Crippen LogP contribution is 2.24. The zero-order valence-electron chi connectivity index (χ0n) is 18.3. The number of carbonyl (C=O) groups is 1. The molecule has 0 bridgehead atoms. The summed E-state index contributed by atoms with van der Waals surface area (Å²) in [4.78, 5) is 22.1. The van der Waals surface area contributed by atoms with E-state index in [-0.39, 0.29) is 24.7 Å². The van der Waals surface area contributed by atoms with Crippen LogP contribution in [0.4, 0.5) is 0 Å². The number of thioether (sulfide) groups is 1. The Hall–Kier alpha value is -2.82. The lowest BCUT2D eigenvalue weighted by molar-refractivity contribution is -0.129. The van der Waals surface area contributed by atoms with Crippen molar-refractivity contribution in [1.29, 1.82) is 0 Å². The molecule has 1 aliphatic rings. The standard InChI is InChI=1S/C23H26N4O4S2/c1-2-31-19-8-9-20-21(16-19)25-23(24-20)32-17-22(28)26-11-13-27(14-12-26)33(29,30)15-10-18-6-4-3-5-7-18/h3-10,15-16H,2,11-14,17H2,1H3,(H,24,25)/b15-10-. The van der Waals surface area contributed by atoms with Gasteiger partial charge < -0.3 is 14.6 Å². The van der Waals surface area contributed by atoms with Crippen LogP contribution in [-0.4, -0.2) is 72.0 Å². The molecule has 1 aromatic heterocycles. The molecule has 2 heterocycles. The number of rotatable bonds is 8. The Bertz CT molecular complexity index is 1230. The van der Waals surface area contributed by atoms with Gasteiger partial charge in [0.05, 0.1) is 23.4 Å². The highest BCUT2D eigenvalue weighted by Gasteiger charge is 2.27. The van der Waals surface area contributed by atoms with Gasteiger partial charge in [0.2, 0.25) is 15.9 Å². The van der Waals surface area contributed by atoms with Gasteiger partial charge in [0, 0.05) is 37.7 Å². The Kier molecular flexibility index (Phi) is 7.36. The Morgan fingerprint density at radius 3 is 2.64 bits per heavy atom. The summed E-state index contributed by atoms with van der Waals surface area (Å²) < 4.78 is 32.1. The first kappa shape index (κ1) is 23.3. The van der Waals surface area contributed by atoms with E-state index < -0.39 is 10.0 Å². The number of aromatic amines is 1. The van der Waals surface area contributed by atoms with Crippen molar-refractivity contribution >= 4 is 44.8 Å². The summed E-state index contributed by atoms with van der Waals surface area (Å²) in [5.41, 5.74) is 2.50. The van der Waals surface area contributed by atoms with Gasteiger partial charge in [-0.25, -0.2) is 13.4 Å². The molecule has 0 spiro atoms. The molecule has 3 aromatic rings. The SMILES string of the molecule is CCOc1ccc2nc(SCC(=O)N3CCN(S(=O)(=O)/C=C\c4ccccc4)CC3)[nH]c2c1. The minimum Gasteiger partial charge on any atom is -0.494 e. The van der Waals surface area contributed by atoms with E-state index in [1.807, 2.05) is 55.5 Å². The number of sulfonamides is 1. The molecule has 1 aliphatic heterocycles. The largest absolute Gasteiger partial charge is 0.494 e. The number of carbonyl (C=O) groups excluding carboxylic acids is 1. The number of aromatic nitrogens is 2. The van der Waals surface area contributed by atoms with Crippen LogP contribution in [0.1, 0.15) is 12.5 Å². The third kappa shape index (κ3) is 5.95. The topological polar surface area (TPSA) is 95.6 Å². The van der Waals surface area contributed by atoms with Crippen LogP contribution in [0.3, 0.4) is 0 Å². The third-order valence-corrected chi connectivity index (χ3v) is 7.68. The van der Waals surface area contributed by atoms with Gasteiger partial charge in [0.25, 0.3) is 0 Å². The number of piperazine rings is 1. The molecule has 0 radical (unpaired) electrons. The molecule has 0 aliphatic carbocycles. The summed E-state index contributed by atoms with van der Waals surface area (Å²) in [7, 11) is -3.52. The van der Waals surface area contributed by atoms with Crippen LogP contribution >= 0.6 is 11.8 Å². The number of imidazole rings is 1. The lowest BCUT2D eigenvalue weighted by Gasteiger charge is -2.33. The second-order valence-corrected chi connectivity index (χ2v) is 10.3. The summed E-state index contributed by atoms with van der Waals surface area (Å²) in [5.74, 6) is 0.971. The maximum Gasteiger partial charge on any atom is 0.236 e. The Morgan fingerprint density at radius 1 is 1.15 bits per heavy atom. The Balaban J connectivity index is 1.28. The van der Waals surface area contributed by atoms with E-state index in [0.717, 1.165) is 22.3 Å². The lowest BCUT2D eigenvalue weighted by Crippen LogP contribution is -2.50. The third-order valence-electron chi connectivity index (χ3n) is 5.26. The van der Waals surface area contributed by atoms with Gasteiger partial charge in [-0.05, 0) is 30.7 Å². The molecule has 2 aromatic carbocycles. The first-order valence-electron chi connectivity index (χ1n) is 10.7. The number of amides is 1. The zero-order valence-corrected chi connectivity index (χ0v) is 19.9. The summed E-state index contributed by atoms with van der Waals surface area (Å²) in [6.07, 6.45) is 1.59. The maximum absolute atomic E-state index is 12.7. The number of hydrogen-bond acceptors (Lipinski definition) is 6. The van der Waals surface area contributed by atoms with Crippen molar-refractivity contribution in [2.75, 3.05) is 38.5 Å². The number of nitrogens with one attached hydrogen (secondary N) is 1. The van der Waals surface area contributed by atoms with Gasteiger partial charge in [0.1, 0.15) is 5.75 Å². The molecule has 33 heavy (non-hydrogen) atoms. The second kappa shape index (κ2) is 10.4. The summed E-state index contributed by atoms with van der Waals surface area (Å²) in [6.45, 7) is 3.82. The van der Waals surface area contributed by atoms with Crippen LogP contribution < -0.4 is 4.74 Å². The maximum atomic E-state index is 12.7. The van der Waals surface area contributed by atoms with E-state index in [0.29, 0.717) is 24.9 Å². The highest BCUT2D eigenvalue weighted by molar-refractivity contribution is 7.99. The zero-order chi connectivity index (χ0) is 23.3. The number of H-pyrrole nitrogens is 1. The molecule has 1 N–H and O–H groups in total. The fourth-order valence-electron chi connectivity index (χ4n) is 3.52. The molecule has 1 saturated heterocycles. The summed E-state index contributed by atoms with van der Waals surface area (Å²) in [6, 6.07) is 14.9. The first-order valence-corrected chi connectivity index (χ1v) is 13.2. The van der Waals surface area contributed by atoms with Gasteiger partial charge in [-0.1, -0.05) is 42.1 Å². The molecule has 1 amide bonds. The van der Waals surface area contributed by atoms with Gasteiger partial charge in [-0.15, -0.1) is 0 Å². The number of fused-ring (bicyclic) bond motifs is 1. The van der Waals surface area contributed by atoms with E-state index >= 15 is 0 Å². The van der Waals surface area contributed by atoms with Crippen LogP contribution in [0.5, 0.6) is 5.75 Å². The van der Waals surface area contributed by atoms with E-state index in [1.54, 1.807) is 11.0 Å². The average Bonchev–Trinajstić information content (AvgIpc) is 3.24. The summed E-state index contributed by atoms with van der Waals surface area (Å²) in [5, 5.41) is 1.90. The van der Waals surface area contributed by atoms with Gasteiger partial charge >= 0.3 is 0 Å². The van der Waals surface area contributed by atoms with Crippen molar-refractivity contribution in [3.63, 3.8) is 0 Å². The molecule has 1 fully saturated rings. The first-order chi connectivity index (χ1) is 15.9. The smallest absolute Gasteiger partial charge is 0.236 e. The molecule has 8 nitrogen and oxygen atoms in total. The van der Waals surface area contributed by atoms with Crippen LogP contribution in [0.2, 0.25) is 0 Å². The highest BCUT2D eigenvalue weighted by atomic mass is 32.2. The van der Waals surface area contributed by atoms with Crippen LogP contribution in [-0.2, 0) is 14.8 Å². The van der Waals surface area contributed by atoms with Crippen molar-refractivity contribution in [1.82, 2.24) is 19.2 Å². The number of nitrogens with zero attached hydrogens (tertiary/aromatic N) is 3. The lowest BCUT2D eigenvalue weighted by atomic mass is 10.2. The van der Waals surface area contributed by atoms with E-state index in [4.69, 9.17) is 4.74 Å². The van der Waals surface area contributed by atoms with Gasteiger partial charge in [0.15, 0.2) is 5.16 Å². The minimum atomic E-state index is -3.52. The van der Waals surface area contributed by atoms with E-state index in [9.17, 15) is 13.2 Å². The Labute approximate surface area is 197 Å². The number of benzene rings is 2. The molecule has 0 atom stereocenters. The molecule has 174 valence electrons. The van der Waals surface area contributed by atoms with E-state index in [2.05, 4.69) is 9.97 Å².